The van der Waals surface area contributed by atoms with Crippen molar-refractivity contribution in [1.29, 1.82) is 0 Å². The van der Waals surface area contributed by atoms with Gasteiger partial charge in [-0.3, -0.25) is 4.79 Å². The number of carbonyl (C=O) groups is 1. The van der Waals surface area contributed by atoms with Crippen LogP contribution in [0, 0.1) is 5.41 Å². The number of ether oxygens (including phenoxy) is 1. The molecule has 0 unspecified atom stereocenters. The number of hydrogen-bond donors (Lipinski definition) is 0. The van der Waals surface area contributed by atoms with E-state index in [9.17, 15) is 4.79 Å². The molecule has 0 spiro atoms. The summed E-state index contributed by atoms with van der Waals surface area (Å²) in [6.45, 7) is 6.28. The number of rotatable bonds is 4. The minimum Gasteiger partial charge on any atom is -0.469 e. The third-order valence-electron chi connectivity index (χ3n) is 3.33. The van der Waals surface area contributed by atoms with Gasteiger partial charge in [0.25, 0.3) is 0 Å². The molecule has 2 nitrogen and oxygen atoms in total. The fourth-order valence-electron chi connectivity index (χ4n) is 1.88. The zero-order valence-electron chi connectivity index (χ0n) is 10.8. The standard InChI is InChI=1S/C14H19BrO2/c1-5-14(2,3)12(13(16)17-4)10-6-8-11(15)9-7-10/h6-9,12H,5H2,1-4H3/t12-/m1/s1. The SMILES string of the molecule is CCC(C)(C)[C@@H](C(=O)OC)c1ccc(Br)cc1. The number of halogens is 1. The highest BCUT2D eigenvalue weighted by Crippen LogP contribution is 2.39. The summed E-state index contributed by atoms with van der Waals surface area (Å²) in [6.07, 6.45) is 0.919. The highest BCUT2D eigenvalue weighted by molar-refractivity contribution is 9.10. The molecule has 0 bridgehead atoms. The smallest absolute Gasteiger partial charge is 0.313 e. The average Bonchev–Trinajstić information content (AvgIpc) is 2.31. The molecule has 17 heavy (non-hydrogen) atoms. The highest BCUT2D eigenvalue weighted by atomic mass is 79.9. The number of methoxy groups -OCH3 is 1. The van der Waals surface area contributed by atoms with E-state index >= 15 is 0 Å². The van der Waals surface area contributed by atoms with E-state index in [1.54, 1.807) is 0 Å². The summed E-state index contributed by atoms with van der Waals surface area (Å²) in [6, 6.07) is 7.86. The predicted molar refractivity (Wildman–Crippen MR) is 73.0 cm³/mol. The lowest BCUT2D eigenvalue weighted by Crippen LogP contribution is -2.29. The van der Waals surface area contributed by atoms with Gasteiger partial charge < -0.3 is 4.74 Å². The molecule has 3 heteroatoms. The van der Waals surface area contributed by atoms with Crippen molar-refractivity contribution in [3.8, 4) is 0 Å². The predicted octanol–water partition coefficient (Wildman–Crippen LogP) is 4.14. The third-order valence-corrected chi connectivity index (χ3v) is 3.86. The van der Waals surface area contributed by atoms with Crippen molar-refractivity contribution >= 4 is 21.9 Å². The summed E-state index contributed by atoms with van der Waals surface area (Å²) < 4.78 is 5.95. The molecular formula is C14H19BrO2. The maximum atomic E-state index is 12.0. The minimum atomic E-state index is -0.217. The molecule has 0 aromatic heterocycles. The van der Waals surface area contributed by atoms with E-state index in [0.717, 1.165) is 16.5 Å². The third kappa shape index (κ3) is 3.32. The van der Waals surface area contributed by atoms with Crippen LogP contribution in [0.5, 0.6) is 0 Å². The molecule has 0 heterocycles. The van der Waals surface area contributed by atoms with Crippen molar-refractivity contribution in [2.45, 2.75) is 33.1 Å². The molecule has 0 radical (unpaired) electrons. The van der Waals surface area contributed by atoms with Crippen LogP contribution < -0.4 is 0 Å². The van der Waals surface area contributed by atoms with Gasteiger partial charge in [0, 0.05) is 4.47 Å². The molecule has 1 aromatic carbocycles. The number of benzene rings is 1. The summed E-state index contributed by atoms with van der Waals surface area (Å²) in [7, 11) is 1.44. The number of hydrogen-bond acceptors (Lipinski definition) is 2. The number of carbonyl (C=O) groups excluding carboxylic acids is 1. The molecule has 0 saturated carbocycles. The molecule has 0 amide bonds. The van der Waals surface area contributed by atoms with Crippen LogP contribution in [0.2, 0.25) is 0 Å². The minimum absolute atomic E-state index is 0.110. The van der Waals surface area contributed by atoms with Crippen LogP contribution >= 0.6 is 15.9 Å². The summed E-state index contributed by atoms with van der Waals surface area (Å²) in [4.78, 5) is 12.0. The Morgan fingerprint density at radius 1 is 1.35 bits per heavy atom. The van der Waals surface area contributed by atoms with E-state index in [-0.39, 0.29) is 17.3 Å². The Kier molecular flexibility index (Phi) is 4.75. The van der Waals surface area contributed by atoms with Gasteiger partial charge in [-0.25, -0.2) is 0 Å². The fourth-order valence-corrected chi connectivity index (χ4v) is 2.15. The van der Waals surface area contributed by atoms with E-state index in [1.807, 2.05) is 24.3 Å². The van der Waals surface area contributed by atoms with Crippen molar-refractivity contribution < 1.29 is 9.53 Å². The van der Waals surface area contributed by atoms with Crippen molar-refractivity contribution in [2.24, 2.45) is 5.41 Å². The van der Waals surface area contributed by atoms with Crippen LogP contribution in [-0.4, -0.2) is 13.1 Å². The van der Waals surface area contributed by atoms with Crippen molar-refractivity contribution in [2.75, 3.05) is 7.11 Å². The number of esters is 1. The quantitative estimate of drug-likeness (QED) is 0.781. The second-order valence-electron chi connectivity index (χ2n) is 4.85. The van der Waals surface area contributed by atoms with Gasteiger partial charge >= 0.3 is 5.97 Å². The molecule has 0 aliphatic carbocycles. The molecule has 0 aliphatic rings. The van der Waals surface area contributed by atoms with Crippen molar-refractivity contribution in [3.05, 3.63) is 34.3 Å². The Labute approximate surface area is 111 Å². The summed E-state index contributed by atoms with van der Waals surface area (Å²) in [5, 5.41) is 0. The van der Waals surface area contributed by atoms with E-state index < -0.39 is 0 Å². The van der Waals surface area contributed by atoms with Gasteiger partial charge in [0.2, 0.25) is 0 Å². The maximum Gasteiger partial charge on any atom is 0.313 e. The Hall–Kier alpha value is -0.830. The van der Waals surface area contributed by atoms with Gasteiger partial charge in [0.1, 0.15) is 0 Å². The van der Waals surface area contributed by atoms with E-state index in [1.165, 1.54) is 7.11 Å². The average molecular weight is 299 g/mol. The molecule has 0 fully saturated rings. The topological polar surface area (TPSA) is 26.3 Å². The molecule has 94 valence electrons. The van der Waals surface area contributed by atoms with Gasteiger partial charge in [0.15, 0.2) is 0 Å². The lowest BCUT2D eigenvalue weighted by atomic mass is 9.73. The molecule has 0 N–H and O–H groups in total. The van der Waals surface area contributed by atoms with E-state index in [0.29, 0.717) is 0 Å². The summed E-state index contributed by atoms with van der Waals surface area (Å²) in [5.74, 6) is -0.384. The van der Waals surface area contributed by atoms with Crippen LogP contribution in [0.25, 0.3) is 0 Å². The summed E-state index contributed by atoms with van der Waals surface area (Å²) >= 11 is 3.40. The molecule has 1 rings (SSSR count). The molecule has 1 aromatic rings. The van der Waals surface area contributed by atoms with Gasteiger partial charge in [-0.2, -0.15) is 0 Å². The monoisotopic (exact) mass is 298 g/mol. The largest absolute Gasteiger partial charge is 0.469 e. The molecule has 0 aliphatic heterocycles. The first-order chi connectivity index (χ1) is 7.92. The normalized spacial score (nSPS) is 13.2. The van der Waals surface area contributed by atoms with Crippen LogP contribution in [0.3, 0.4) is 0 Å². The van der Waals surface area contributed by atoms with Crippen LogP contribution in [0.1, 0.15) is 38.7 Å². The maximum absolute atomic E-state index is 12.0. The van der Waals surface area contributed by atoms with E-state index in [2.05, 4.69) is 36.7 Å². The first-order valence-corrected chi connectivity index (χ1v) is 6.55. The van der Waals surface area contributed by atoms with Gasteiger partial charge in [0.05, 0.1) is 13.0 Å². The first kappa shape index (κ1) is 14.2. The Balaban J connectivity index is 3.15. The van der Waals surface area contributed by atoms with Crippen LogP contribution in [0.4, 0.5) is 0 Å². The van der Waals surface area contributed by atoms with Crippen LogP contribution in [0.15, 0.2) is 28.7 Å². The Morgan fingerprint density at radius 2 is 1.88 bits per heavy atom. The van der Waals surface area contributed by atoms with Crippen LogP contribution in [-0.2, 0) is 9.53 Å². The van der Waals surface area contributed by atoms with Gasteiger partial charge in [-0.15, -0.1) is 0 Å². The lowest BCUT2D eigenvalue weighted by Gasteiger charge is -2.31. The Morgan fingerprint density at radius 3 is 2.29 bits per heavy atom. The van der Waals surface area contributed by atoms with Gasteiger partial charge in [-0.05, 0) is 29.5 Å². The Bertz CT molecular complexity index is 382. The lowest BCUT2D eigenvalue weighted by molar-refractivity contribution is -0.145. The second-order valence-corrected chi connectivity index (χ2v) is 5.77. The van der Waals surface area contributed by atoms with E-state index in [4.69, 9.17) is 4.74 Å². The fraction of sp³-hybridized carbons (Fsp3) is 0.500. The summed E-state index contributed by atoms with van der Waals surface area (Å²) in [5.41, 5.74) is 0.896. The highest BCUT2D eigenvalue weighted by Gasteiger charge is 2.35. The molecule has 0 saturated heterocycles. The molecular weight excluding hydrogens is 280 g/mol. The van der Waals surface area contributed by atoms with Crippen molar-refractivity contribution in [1.82, 2.24) is 0 Å². The second kappa shape index (κ2) is 5.67. The zero-order valence-corrected chi connectivity index (χ0v) is 12.4. The van der Waals surface area contributed by atoms with Crippen molar-refractivity contribution in [3.63, 3.8) is 0 Å². The zero-order chi connectivity index (χ0) is 13.1. The molecule has 1 atom stereocenters. The van der Waals surface area contributed by atoms with Gasteiger partial charge in [-0.1, -0.05) is 48.8 Å². The first-order valence-electron chi connectivity index (χ1n) is 5.75.